The molecule has 0 saturated heterocycles. The fourth-order valence-corrected chi connectivity index (χ4v) is 2.12. The molecule has 2 heterocycles. The lowest BCUT2D eigenvalue weighted by molar-refractivity contribution is -0.116. The second-order valence-electron chi connectivity index (χ2n) is 4.76. The molecule has 1 N–H and O–H groups in total. The molecule has 0 fully saturated rings. The molecule has 3 rings (SSSR count). The standard InChI is InChI=1S/C16H16N2O4/c1-2-3-16(19)17-10-12-9-14(22-18-12)11-4-5-13-15(8-11)21-7-6-20-13/h2-5,8-9H,6-7,10H2,1H3,(H,17,19)/b3-2-. The number of allylic oxidation sites excluding steroid dienone is 1. The molecule has 1 aromatic carbocycles. The Hall–Kier alpha value is -2.76. The molecule has 0 spiro atoms. The number of ether oxygens (including phenoxy) is 2. The van der Waals surface area contributed by atoms with Gasteiger partial charge in [-0.1, -0.05) is 11.2 Å². The molecular weight excluding hydrogens is 284 g/mol. The van der Waals surface area contributed by atoms with Crippen LogP contribution in [0.4, 0.5) is 0 Å². The van der Waals surface area contributed by atoms with Crippen LogP contribution in [0.1, 0.15) is 12.6 Å². The Balaban J connectivity index is 1.72. The SMILES string of the molecule is C/C=C\C(=O)NCc1cc(-c2ccc3c(c2)OCCO3)on1. The highest BCUT2D eigenvalue weighted by Gasteiger charge is 2.14. The van der Waals surface area contributed by atoms with Crippen molar-refractivity contribution < 1.29 is 18.8 Å². The molecule has 0 atom stereocenters. The zero-order valence-corrected chi connectivity index (χ0v) is 12.2. The van der Waals surface area contributed by atoms with Gasteiger partial charge in [0, 0.05) is 11.6 Å². The van der Waals surface area contributed by atoms with Crippen LogP contribution in [-0.2, 0) is 11.3 Å². The van der Waals surface area contributed by atoms with E-state index in [-0.39, 0.29) is 5.91 Å². The quantitative estimate of drug-likeness (QED) is 0.877. The van der Waals surface area contributed by atoms with E-state index in [2.05, 4.69) is 10.5 Å². The summed E-state index contributed by atoms with van der Waals surface area (Å²) in [4.78, 5) is 11.4. The van der Waals surface area contributed by atoms with E-state index >= 15 is 0 Å². The molecule has 1 aliphatic rings. The normalized spacial score (nSPS) is 13.3. The third-order valence-electron chi connectivity index (χ3n) is 3.15. The monoisotopic (exact) mass is 300 g/mol. The molecule has 0 unspecified atom stereocenters. The lowest BCUT2D eigenvalue weighted by Crippen LogP contribution is -2.20. The molecule has 0 aliphatic carbocycles. The van der Waals surface area contributed by atoms with Gasteiger partial charge in [0.05, 0.1) is 6.54 Å². The molecule has 2 aromatic rings. The minimum Gasteiger partial charge on any atom is -0.486 e. The highest BCUT2D eigenvalue weighted by atomic mass is 16.6. The third-order valence-corrected chi connectivity index (χ3v) is 3.15. The van der Waals surface area contributed by atoms with Gasteiger partial charge in [-0.15, -0.1) is 0 Å². The fourth-order valence-electron chi connectivity index (χ4n) is 2.12. The molecule has 6 heteroatoms. The number of benzene rings is 1. The van der Waals surface area contributed by atoms with Crippen LogP contribution >= 0.6 is 0 Å². The number of nitrogens with zero attached hydrogens (tertiary/aromatic N) is 1. The van der Waals surface area contributed by atoms with Gasteiger partial charge in [-0.05, 0) is 31.2 Å². The van der Waals surface area contributed by atoms with Crippen molar-refractivity contribution in [3.05, 3.63) is 42.1 Å². The Bertz CT molecular complexity index is 706. The maximum absolute atomic E-state index is 11.4. The van der Waals surface area contributed by atoms with E-state index in [1.165, 1.54) is 6.08 Å². The van der Waals surface area contributed by atoms with Crippen molar-refractivity contribution >= 4 is 5.91 Å². The molecule has 1 amide bonds. The Kier molecular flexibility index (Phi) is 4.09. The number of aromatic nitrogens is 1. The highest BCUT2D eigenvalue weighted by Crippen LogP contribution is 2.34. The highest BCUT2D eigenvalue weighted by molar-refractivity contribution is 5.87. The number of carbonyl (C=O) groups excluding carboxylic acids is 1. The van der Waals surface area contributed by atoms with Gasteiger partial charge in [0.25, 0.3) is 0 Å². The average molecular weight is 300 g/mol. The molecule has 0 radical (unpaired) electrons. The van der Waals surface area contributed by atoms with Crippen LogP contribution in [0.5, 0.6) is 11.5 Å². The average Bonchev–Trinajstić information content (AvgIpc) is 3.02. The number of hydrogen-bond acceptors (Lipinski definition) is 5. The van der Waals surface area contributed by atoms with Crippen molar-refractivity contribution in [3.8, 4) is 22.8 Å². The van der Waals surface area contributed by atoms with Crippen molar-refractivity contribution in [3.63, 3.8) is 0 Å². The number of hydrogen-bond donors (Lipinski definition) is 1. The lowest BCUT2D eigenvalue weighted by atomic mass is 10.1. The summed E-state index contributed by atoms with van der Waals surface area (Å²) in [6.45, 7) is 3.20. The van der Waals surface area contributed by atoms with Crippen molar-refractivity contribution in [1.29, 1.82) is 0 Å². The Morgan fingerprint density at radius 1 is 1.27 bits per heavy atom. The summed E-state index contributed by atoms with van der Waals surface area (Å²) in [5.74, 6) is 1.88. The Morgan fingerprint density at radius 2 is 2.09 bits per heavy atom. The summed E-state index contributed by atoms with van der Waals surface area (Å²) in [6, 6.07) is 7.38. The number of fused-ring (bicyclic) bond motifs is 1. The first-order valence-corrected chi connectivity index (χ1v) is 7.02. The first-order valence-electron chi connectivity index (χ1n) is 7.02. The lowest BCUT2D eigenvalue weighted by Gasteiger charge is -2.18. The van der Waals surface area contributed by atoms with Crippen LogP contribution in [0.2, 0.25) is 0 Å². The minimum absolute atomic E-state index is 0.161. The van der Waals surface area contributed by atoms with E-state index in [9.17, 15) is 4.79 Å². The van der Waals surface area contributed by atoms with Gasteiger partial charge in [0.1, 0.15) is 18.9 Å². The van der Waals surface area contributed by atoms with Crippen LogP contribution in [-0.4, -0.2) is 24.3 Å². The van der Waals surface area contributed by atoms with E-state index in [1.807, 2.05) is 18.2 Å². The summed E-state index contributed by atoms with van der Waals surface area (Å²) in [7, 11) is 0. The summed E-state index contributed by atoms with van der Waals surface area (Å²) in [6.07, 6.45) is 3.14. The Morgan fingerprint density at radius 3 is 2.91 bits per heavy atom. The van der Waals surface area contributed by atoms with E-state index in [0.29, 0.717) is 37.0 Å². The predicted molar refractivity (Wildman–Crippen MR) is 79.6 cm³/mol. The van der Waals surface area contributed by atoms with Gasteiger partial charge in [-0.2, -0.15) is 0 Å². The zero-order valence-electron chi connectivity index (χ0n) is 12.2. The van der Waals surface area contributed by atoms with Gasteiger partial charge in [-0.3, -0.25) is 4.79 Å². The van der Waals surface area contributed by atoms with E-state index < -0.39 is 0 Å². The van der Waals surface area contributed by atoms with Gasteiger partial charge < -0.3 is 19.3 Å². The maximum Gasteiger partial charge on any atom is 0.243 e. The van der Waals surface area contributed by atoms with Crippen LogP contribution in [0, 0.1) is 0 Å². The molecular formula is C16H16N2O4. The van der Waals surface area contributed by atoms with Gasteiger partial charge >= 0.3 is 0 Å². The Labute approximate surface area is 127 Å². The summed E-state index contributed by atoms with van der Waals surface area (Å²) in [5.41, 5.74) is 1.51. The maximum atomic E-state index is 11.4. The molecule has 0 bridgehead atoms. The first-order chi connectivity index (χ1) is 10.8. The molecule has 114 valence electrons. The van der Waals surface area contributed by atoms with Gasteiger partial charge in [0.2, 0.25) is 5.91 Å². The fraction of sp³-hybridized carbons (Fsp3) is 0.250. The predicted octanol–water partition coefficient (Wildman–Crippen LogP) is 2.31. The van der Waals surface area contributed by atoms with Crippen LogP contribution < -0.4 is 14.8 Å². The molecule has 0 saturated carbocycles. The van der Waals surface area contributed by atoms with E-state index in [4.69, 9.17) is 14.0 Å². The smallest absolute Gasteiger partial charge is 0.243 e. The van der Waals surface area contributed by atoms with E-state index in [0.717, 1.165) is 11.3 Å². The number of amides is 1. The van der Waals surface area contributed by atoms with E-state index in [1.54, 1.807) is 19.1 Å². The van der Waals surface area contributed by atoms with Crippen molar-refractivity contribution in [2.75, 3.05) is 13.2 Å². The van der Waals surface area contributed by atoms with Crippen LogP contribution in [0.3, 0.4) is 0 Å². The zero-order chi connectivity index (χ0) is 15.4. The van der Waals surface area contributed by atoms with Gasteiger partial charge in [-0.25, -0.2) is 0 Å². The minimum atomic E-state index is -0.161. The third kappa shape index (κ3) is 3.11. The molecule has 1 aliphatic heterocycles. The molecule has 1 aromatic heterocycles. The van der Waals surface area contributed by atoms with Crippen molar-refractivity contribution in [1.82, 2.24) is 10.5 Å². The summed E-state index contributed by atoms with van der Waals surface area (Å²) < 4.78 is 16.3. The van der Waals surface area contributed by atoms with Crippen LogP contribution in [0.25, 0.3) is 11.3 Å². The number of nitrogens with one attached hydrogen (secondary N) is 1. The van der Waals surface area contributed by atoms with Gasteiger partial charge in [0.15, 0.2) is 17.3 Å². The largest absolute Gasteiger partial charge is 0.486 e. The topological polar surface area (TPSA) is 73.6 Å². The molecule has 22 heavy (non-hydrogen) atoms. The van der Waals surface area contributed by atoms with Crippen molar-refractivity contribution in [2.24, 2.45) is 0 Å². The summed E-state index contributed by atoms with van der Waals surface area (Å²) in [5, 5.41) is 6.67. The summed E-state index contributed by atoms with van der Waals surface area (Å²) >= 11 is 0. The first kappa shape index (κ1) is 14.2. The second-order valence-corrected chi connectivity index (χ2v) is 4.76. The van der Waals surface area contributed by atoms with Crippen molar-refractivity contribution in [2.45, 2.75) is 13.5 Å². The second kappa shape index (κ2) is 6.34. The number of carbonyl (C=O) groups is 1. The van der Waals surface area contributed by atoms with Crippen LogP contribution in [0.15, 0.2) is 40.9 Å². The number of rotatable bonds is 4. The molecule has 6 nitrogen and oxygen atoms in total.